The standard InChI is InChI=1S/C12H15BrN2OS/c1-2-10(12(14)17)15-11(16)7-8-3-5-9(13)6-4-8/h3-6,10H,2,7H2,1H3,(H2,14,17)(H,15,16). The molecule has 0 bridgehead atoms. The molecule has 0 aromatic heterocycles. The van der Waals surface area contributed by atoms with E-state index in [0.29, 0.717) is 17.8 Å². The number of hydrogen-bond acceptors (Lipinski definition) is 2. The lowest BCUT2D eigenvalue weighted by atomic mass is 10.1. The summed E-state index contributed by atoms with van der Waals surface area (Å²) in [5.41, 5.74) is 6.48. The Morgan fingerprint density at radius 3 is 2.53 bits per heavy atom. The highest BCUT2D eigenvalue weighted by Crippen LogP contribution is 2.10. The molecule has 3 nitrogen and oxygen atoms in total. The van der Waals surface area contributed by atoms with E-state index in [1.54, 1.807) is 0 Å². The van der Waals surface area contributed by atoms with Gasteiger partial charge in [-0.1, -0.05) is 47.2 Å². The molecule has 0 saturated carbocycles. The highest BCUT2D eigenvalue weighted by molar-refractivity contribution is 9.10. The number of halogens is 1. The first kappa shape index (κ1) is 14.1. The summed E-state index contributed by atoms with van der Waals surface area (Å²) in [5, 5.41) is 2.81. The van der Waals surface area contributed by atoms with Crippen LogP contribution >= 0.6 is 28.1 Å². The normalized spacial score (nSPS) is 11.9. The molecule has 0 radical (unpaired) electrons. The van der Waals surface area contributed by atoms with Gasteiger partial charge < -0.3 is 11.1 Å². The van der Waals surface area contributed by atoms with Crippen LogP contribution in [-0.4, -0.2) is 16.9 Å². The van der Waals surface area contributed by atoms with Gasteiger partial charge in [-0.25, -0.2) is 0 Å². The van der Waals surface area contributed by atoms with Crippen LogP contribution in [0.3, 0.4) is 0 Å². The maximum Gasteiger partial charge on any atom is 0.224 e. The Hall–Kier alpha value is -0.940. The maximum absolute atomic E-state index is 11.7. The Morgan fingerprint density at radius 2 is 2.06 bits per heavy atom. The third-order valence-corrected chi connectivity index (χ3v) is 3.18. The van der Waals surface area contributed by atoms with Crippen LogP contribution < -0.4 is 11.1 Å². The molecule has 1 unspecified atom stereocenters. The summed E-state index contributed by atoms with van der Waals surface area (Å²) in [6.45, 7) is 1.93. The number of hydrogen-bond donors (Lipinski definition) is 2. The van der Waals surface area contributed by atoms with Crippen molar-refractivity contribution in [2.24, 2.45) is 5.73 Å². The van der Waals surface area contributed by atoms with Crippen molar-refractivity contribution in [3.63, 3.8) is 0 Å². The number of amides is 1. The van der Waals surface area contributed by atoms with Crippen LogP contribution in [-0.2, 0) is 11.2 Å². The second-order valence-electron chi connectivity index (χ2n) is 3.73. The van der Waals surface area contributed by atoms with E-state index >= 15 is 0 Å². The topological polar surface area (TPSA) is 55.1 Å². The monoisotopic (exact) mass is 314 g/mol. The Morgan fingerprint density at radius 1 is 1.47 bits per heavy atom. The predicted molar refractivity (Wildman–Crippen MR) is 76.9 cm³/mol. The first-order valence-electron chi connectivity index (χ1n) is 5.36. The van der Waals surface area contributed by atoms with Crippen LogP contribution in [0, 0.1) is 0 Å². The van der Waals surface area contributed by atoms with Crippen molar-refractivity contribution in [1.29, 1.82) is 0 Å². The molecular formula is C12H15BrN2OS. The van der Waals surface area contributed by atoms with E-state index in [-0.39, 0.29) is 11.9 Å². The third-order valence-electron chi connectivity index (χ3n) is 2.36. The molecular weight excluding hydrogens is 300 g/mol. The van der Waals surface area contributed by atoms with E-state index < -0.39 is 0 Å². The summed E-state index contributed by atoms with van der Waals surface area (Å²) in [6, 6.07) is 7.42. The molecule has 0 aliphatic rings. The molecule has 0 saturated heterocycles. The predicted octanol–water partition coefficient (Wildman–Crippen LogP) is 2.17. The molecule has 0 spiro atoms. The number of carbonyl (C=O) groups excluding carboxylic acids is 1. The van der Waals surface area contributed by atoms with Gasteiger partial charge in [-0.3, -0.25) is 4.79 Å². The molecule has 1 amide bonds. The third kappa shape index (κ3) is 4.83. The first-order chi connectivity index (χ1) is 8.02. The molecule has 1 atom stereocenters. The average Bonchev–Trinajstić information content (AvgIpc) is 2.28. The van der Waals surface area contributed by atoms with Gasteiger partial charge in [0.25, 0.3) is 0 Å². The minimum Gasteiger partial charge on any atom is -0.392 e. The second kappa shape index (κ2) is 6.71. The summed E-state index contributed by atoms with van der Waals surface area (Å²) in [5.74, 6) is -0.0630. The van der Waals surface area contributed by atoms with Gasteiger partial charge in [-0.05, 0) is 24.1 Å². The van der Waals surface area contributed by atoms with Crippen molar-refractivity contribution in [3.05, 3.63) is 34.3 Å². The number of carbonyl (C=O) groups is 1. The Labute approximate surface area is 115 Å². The van der Waals surface area contributed by atoms with E-state index in [9.17, 15) is 4.79 Å². The molecule has 1 rings (SSSR count). The molecule has 92 valence electrons. The molecule has 3 N–H and O–H groups in total. The fourth-order valence-electron chi connectivity index (χ4n) is 1.41. The Balaban J connectivity index is 2.54. The Kier molecular flexibility index (Phi) is 5.58. The molecule has 0 aliphatic heterocycles. The molecule has 17 heavy (non-hydrogen) atoms. The molecule has 0 aliphatic carbocycles. The Bertz CT molecular complexity index is 405. The number of nitrogens with one attached hydrogen (secondary N) is 1. The van der Waals surface area contributed by atoms with Crippen LogP contribution in [0.2, 0.25) is 0 Å². The molecule has 0 heterocycles. The molecule has 0 fully saturated rings. The van der Waals surface area contributed by atoms with Gasteiger partial charge in [0.05, 0.1) is 17.5 Å². The summed E-state index contributed by atoms with van der Waals surface area (Å²) >= 11 is 8.22. The van der Waals surface area contributed by atoms with Crippen molar-refractivity contribution >= 4 is 39.0 Å². The van der Waals surface area contributed by atoms with Crippen molar-refractivity contribution < 1.29 is 4.79 Å². The van der Waals surface area contributed by atoms with Crippen molar-refractivity contribution in [3.8, 4) is 0 Å². The quantitative estimate of drug-likeness (QED) is 0.819. The molecule has 5 heteroatoms. The van der Waals surface area contributed by atoms with Crippen LogP contribution in [0.1, 0.15) is 18.9 Å². The van der Waals surface area contributed by atoms with Crippen LogP contribution in [0.5, 0.6) is 0 Å². The van der Waals surface area contributed by atoms with Crippen molar-refractivity contribution in [2.45, 2.75) is 25.8 Å². The van der Waals surface area contributed by atoms with Gasteiger partial charge >= 0.3 is 0 Å². The van der Waals surface area contributed by atoms with Gasteiger partial charge in [0, 0.05) is 4.47 Å². The molecule has 1 aromatic carbocycles. The summed E-state index contributed by atoms with van der Waals surface area (Å²) in [4.78, 5) is 12.1. The van der Waals surface area contributed by atoms with Gasteiger partial charge in [0.1, 0.15) is 0 Å². The lowest BCUT2D eigenvalue weighted by molar-refractivity contribution is -0.120. The SMILES string of the molecule is CCC(NC(=O)Cc1ccc(Br)cc1)C(N)=S. The van der Waals surface area contributed by atoms with Gasteiger partial charge in [0.2, 0.25) is 5.91 Å². The van der Waals surface area contributed by atoms with E-state index in [0.717, 1.165) is 10.0 Å². The zero-order valence-corrected chi connectivity index (χ0v) is 12.0. The first-order valence-corrected chi connectivity index (χ1v) is 6.56. The van der Waals surface area contributed by atoms with E-state index in [2.05, 4.69) is 21.2 Å². The van der Waals surface area contributed by atoms with Crippen LogP contribution in [0.4, 0.5) is 0 Å². The lowest BCUT2D eigenvalue weighted by Gasteiger charge is -2.15. The van der Waals surface area contributed by atoms with Gasteiger partial charge in [-0.15, -0.1) is 0 Å². The van der Waals surface area contributed by atoms with E-state index in [1.165, 1.54) is 0 Å². The number of nitrogens with two attached hydrogens (primary N) is 1. The molecule has 1 aromatic rings. The lowest BCUT2D eigenvalue weighted by Crippen LogP contribution is -2.43. The van der Waals surface area contributed by atoms with Crippen molar-refractivity contribution in [2.75, 3.05) is 0 Å². The second-order valence-corrected chi connectivity index (χ2v) is 5.12. The number of benzene rings is 1. The highest BCUT2D eigenvalue weighted by atomic mass is 79.9. The average molecular weight is 315 g/mol. The summed E-state index contributed by atoms with van der Waals surface area (Å²) in [7, 11) is 0. The summed E-state index contributed by atoms with van der Waals surface area (Å²) < 4.78 is 0.997. The number of rotatable bonds is 5. The maximum atomic E-state index is 11.7. The largest absolute Gasteiger partial charge is 0.392 e. The summed E-state index contributed by atoms with van der Waals surface area (Å²) in [6.07, 6.45) is 1.05. The highest BCUT2D eigenvalue weighted by Gasteiger charge is 2.12. The fraction of sp³-hybridized carbons (Fsp3) is 0.333. The zero-order valence-electron chi connectivity index (χ0n) is 9.57. The van der Waals surface area contributed by atoms with E-state index in [4.69, 9.17) is 18.0 Å². The van der Waals surface area contributed by atoms with E-state index in [1.807, 2.05) is 31.2 Å². The zero-order chi connectivity index (χ0) is 12.8. The van der Waals surface area contributed by atoms with Crippen molar-refractivity contribution in [1.82, 2.24) is 5.32 Å². The smallest absolute Gasteiger partial charge is 0.224 e. The van der Waals surface area contributed by atoms with Crippen LogP contribution in [0.25, 0.3) is 0 Å². The minimum atomic E-state index is -0.215. The van der Waals surface area contributed by atoms with Gasteiger partial charge in [-0.2, -0.15) is 0 Å². The fourth-order valence-corrected chi connectivity index (χ4v) is 1.90. The van der Waals surface area contributed by atoms with Gasteiger partial charge in [0.15, 0.2) is 0 Å². The minimum absolute atomic E-state index is 0.0630. The van der Waals surface area contributed by atoms with Crippen LogP contribution in [0.15, 0.2) is 28.7 Å². The number of thiocarbonyl (C=S) groups is 1.